The van der Waals surface area contributed by atoms with Gasteiger partial charge in [0.25, 0.3) is 0 Å². The number of nitrogens with one attached hydrogen (secondary N) is 1. The third-order valence-corrected chi connectivity index (χ3v) is 2.46. The molecule has 15 heavy (non-hydrogen) atoms. The van der Waals surface area contributed by atoms with Gasteiger partial charge < -0.3 is 9.88 Å². The third kappa shape index (κ3) is 1.83. The lowest BCUT2D eigenvalue weighted by molar-refractivity contribution is -0.109. The average molecular weight is 203 g/mol. The van der Waals surface area contributed by atoms with E-state index in [0.717, 1.165) is 23.6 Å². The quantitative estimate of drug-likeness (QED) is 0.738. The highest BCUT2D eigenvalue weighted by molar-refractivity contribution is 5.53. The van der Waals surface area contributed by atoms with Crippen molar-refractivity contribution in [3.63, 3.8) is 0 Å². The first-order valence-corrected chi connectivity index (χ1v) is 4.87. The summed E-state index contributed by atoms with van der Waals surface area (Å²) in [5, 5.41) is 2.62. The Labute approximate surface area is 88.3 Å². The molecule has 78 valence electrons. The third-order valence-electron chi connectivity index (χ3n) is 2.46. The molecule has 0 atom stereocenters. The number of carbonyl (C=O) groups is 1. The summed E-state index contributed by atoms with van der Waals surface area (Å²) in [6.07, 6.45) is 9.67. The van der Waals surface area contributed by atoms with E-state index in [2.05, 4.69) is 16.4 Å². The summed E-state index contributed by atoms with van der Waals surface area (Å²) in [7, 11) is 1.96. The number of allylic oxidation sites excluding steroid dienone is 3. The summed E-state index contributed by atoms with van der Waals surface area (Å²) in [5.41, 5.74) is 2.17. The van der Waals surface area contributed by atoms with Gasteiger partial charge in [-0.2, -0.15) is 0 Å². The van der Waals surface area contributed by atoms with Gasteiger partial charge in [0.2, 0.25) is 6.41 Å². The van der Waals surface area contributed by atoms with E-state index in [9.17, 15) is 4.79 Å². The van der Waals surface area contributed by atoms with E-state index in [0.29, 0.717) is 13.0 Å². The molecule has 1 aliphatic rings. The highest BCUT2D eigenvalue weighted by Crippen LogP contribution is 2.16. The van der Waals surface area contributed by atoms with E-state index in [1.165, 1.54) is 0 Å². The van der Waals surface area contributed by atoms with E-state index in [1.54, 1.807) is 0 Å². The topological polar surface area (TPSA) is 46.9 Å². The van der Waals surface area contributed by atoms with Gasteiger partial charge in [-0.15, -0.1) is 0 Å². The molecule has 0 fully saturated rings. The van der Waals surface area contributed by atoms with E-state index in [-0.39, 0.29) is 0 Å². The molecule has 0 radical (unpaired) electrons. The van der Waals surface area contributed by atoms with Gasteiger partial charge in [0, 0.05) is 13.5 Å². The van der Waals surface area contributed by atoms with E-state index >= 15 is 0 Å². The number of imidazole rings is 1. The predicted molar refractivity (Wildman–Crippen MR) is 58.0 cm³/mol. The zero-order chi connectivity index (χ0) is 10.7. The van der Waals surface area contributed by atoms with Crippen molar-refractivity contribution >= 4 is 12.5 Å². The van der Waals surface area contributed by atoms with Crippen LogP contribution in [0.4, 0.5) is 0 Å². The zero-order valence-corrected chi connectivity index (χ0v) is 8.60. The average Bonchev–Trinajstić information content (AvgIpc) is 2.44. The maximum absolute atomic E-state index is 10.2. The number of hydrogen-bond acceptors (Lipinski definition) is 2. The molecule has 1 heterocycles. The molecule has 0 saturated heterocycles. The normalized spacial score (nSPS) is 13.4. The monoisotopic (exact) mass is 203 g/mol. The van der Waals surface area contributed by atoms with E-state index < -0.39 is 0 Å². The molecule has 0 unspecified atom stereocenters. The van der Waals surface area contributed by atoms with Crippen molar-refractivity contribution < 1.29 is 4.79 Å². The minimum atomic E-state index is 0.477. The van der Waals surface area contributed by atoms with Crippen LogP contribution in [0, 0.1) is 0 Å². The molecule has 1 aliphatic carbocycles. The number of rotatable bonds is 3. The minimum absolute atomic E-state index is 0.477. The highest BCUT2D eigenvalue weighted by atomic mass is 16.1. The fraction of sp³-hybridized carbons (Fsp3) is 0.273. The molecule has 1 aromatic rings. The van der Waals surface area contributed by atoms with E-state index in [4.69, 9.17) is 0 Å². The lowest BCUT2D eigenvalue weighted by Gasteiger charge is -2.01. The van der Waals surface area contributed by atoms with Crippen LogP contribution in [-0.4, -0.2) is 16.0 Å². The molecule has 0 saturated carbocycles. The molecule has 1 N–H and O–H groups in total. The molecular formula is C11H13N3O. The first kappa shape index (κ1) is 9.71. The van der Waals surface area contributed by atoms with Crippen molar-refractivity contribution in [2.24, 2.45) is 7.05 Å². The molecule has 4 nitrogen and oxygen atoms in total. The van der Waals surface area contributed by atoms with Crippen molar-refractivity contribution in [2.45, 2.75) is 13.0 Å². The fourth-order valence-corrected chi connectivity index (χ4v) is 1.67. The summed E-state index contributed by atoms with van der Waals surface area (Å²) in [5.74, 6) is 0.882. The van der Waals surface area contributed by atoms with Crippen LogP contribution in [0.3, 0.4) is 0 Å². The SMILES string of the molecule is Cn1c(CNC=O)nc2c1C=CC=CC2. The van der Waals surface area contributed by atoms with Gasteiger partial charge >= 0.3 is 0 Å². The zero-order valence-electron chi connectivity index (χ0n) is 8.60. The fourth-order valence-electron chi connectivity index (χ4n) is 1.67. The first-order chi connectivity index (χ1) is 7.33. The molecule has 1 amide bonds. The number of nitrogens with zero attached hydrogens (tertiary/aromatic N) is 2. The Morgan fingerprint density at radius 2 is 2.47 bits per heavy atom. The van der Waals surface area contributed by atoms with Crippen LogP contribution in [0.5, 0.6) is 0 Å². The Hall–Kier alpha value is -1.84. The van der Waals surface area contributed by atoms with Gasteiger partial charge in [-0.25, -0.2) is 4.98 Å². The Kier molecular flexibility index (Phi) is 2.67. The number of aromatic nitrogens is 2. The lowest BCUT2D eigenvalue weighted by Crippen LogP contribution is -2.13. The second kappa shape index (κ2) is 4.13. The Bertz CT molecular complexity index is 429. The van der Waals surface area contributed by atoms with Crippen LogP contribution in [0.25, 0.3) is 6.08 Å². The summed E-state index contributed by atoms with van der Waals surface area (Å²) in [6.45, 7) is 0.477. The molecule has 2 rings (SSSR count). The second-order valence-electron chi connectivity index (χ2n) is 3.41. The van der Waals surface area contributed by atoms with Crippen LogP contribution in [0.15, 0.2) is 18.2 Å². The predicted octanol–water partition coefficient (Wildman–Crippen LogP) is 0.792. The lowest BCUT2D eigenvalue weighted by atomic mass is 10.2. The summed E-state index contributed by atoms with van der Waals surface area (Å²) < 4.78 is 2.01. The second-order valence-corrected chi connectivity index (χ2v) is 3.41. The van der Waals surface area contributed by atoms with Gasteiger partial charge in [0.05, 0.1) is 17.9 Å². The van der Waals surface area contributed by atoms with Gasteiger partial charge in [0.1, 0.15) is 5.82 Å². The van der Waals surface area contributed by atoms with Crippen LogP contribution < -0.4 is 5.32 Å². The Morgan fingerprint density at radius 3 is 3.27 bits per heavy atom. The molecule has 0 spiro atoms. The maximum Gasteiger partial charge on any atom is 0.207 e. The van der Waals surface area contributed by atoms with Crippen LogP contribution in [-0.2, 0) is 24.8 Å². The number of hydrogen-bond donors (Lipinski definition) is 1. The van der Waals surface area contributed by atoms with Crippen molar-refractivity contribution in [2.75, 3.05) is 0 Å². The minimum Gasteiger partial charge on any atom is -0.351 e. The molecule has 4 heteroatoms. The van der Waals surface area contributed by atoms with Crippen molar-refractivity contribution in [3.8, 4) is 0 Å². The van der Waals surface area contributed by atoms with E-state index in [1.807, 2.05) is 29.8 Å². The Balaban J connectivity index is 2.33. The van der Waals surface area contributed by atoms with Crippen LogP contribution in [0.2, 0.25) is 0 Å². The number of carbonyl (C=O) groups excluding carboxylic acids is 1. The van der Waals surface area contributed by atoms with Crippen LogP contribution >= 0.6 is 0 Å². The summed E-state index contributed by atoms with van der Waals surface area (Å²) in [4.78, 5) is 14.7. The van der Waals surface area contributed by atoms with Crippen molar-refractivity contribution in [1.29, 1.82) is 0 Å². The van der Waals surface area contributed by atoms with Gasteiger partial charge in [-0.05, 0) is 6.08 Å². The summed E-state index contributed by atoms with van der Waals surface area (Å²) in [6, 6.07) is 0. The van der Waals surface area contributed by atoms with Gasteiger partial charge in [0.15, 0.2) is 0 Å². The largest absolute Gasteiger partial charge is 0.351 e. The standard InChI is InChI=1S/C11H13N3O/c1-14-10-6-4-2-3-5-9(10)13-11(14)7-12-8-15/h2-4,6,8H,5,7H2,1H3,(H,12,15). The van der Waals surface area contributed by atoms with Crippen molar-refractivity contribution in [3.05, 3.63) is 35.4 Å². The highest BCUT2D eigenvalue weighted by Gasteiger charge is 2.11. The van der Waals surface area contributed by atoms with Gasteiger partial charge in [-0.3, -0.25) is 4.79 Å². The Morgan fingerprint density at radius 1 is 1.60 bits per heavy atom. The molecule has 1 aromatic heterocycles. The van der Waals surface area contributed by atoms with Gasteiger partial charge in [-0.1, -0.05) is 18.2 Å². The van der Waals surface area contributed by atoms with Crippen molar-refractivity contribution in [1.82, 2.24) is 14.9 Å². The smallest absolute Gasteiger partial charge is 0.207 e. The number of fused-ring (bicyclic) bond motifs is 1. The molecular weight excluding hydrogens is 190 g/mol. The first-order valence-electron chi connectivity index (χ1n) is 4.87. The maximum atomic E-state index is 10.2. The molecule has 0 aliphatic heterocycles. The molecule has 0 bridgehead atoms. The van der Waals surface area contributed by atoms with Crippen LogP contribution in [0.1, 0.15) is 17.2 Å². The number of amides is 1. The molecule has 0 aromatic carbocycles. The summed E-state index contributed by atoms with van der Waals surface area (Å²) >= 11 is 0.